The molecule has 0 aliphatic carbocycles. The summed E-state index contributed by atoms with van der Waals surface area (Å²) in [5.74, 6) is -0.135. The van der Waals surface area contributed by atoms with Crippen LogP contribution >= 0.6 is 0 Å². The summed E-state index contributed by atoms with van der Waals surface area (Å²) in [7, 11) is 1.33. The maximum Gasteiger partial charge on any atom is 0.422 e. The first-order chi connectivity index (χ1) is 13.6. The molecule has 1 unspecified atom stereocenters. The van der Waals surface area contributed by atoms with Crippen LogP contribution < -0.4 is 4.74 Å². The summed E-state index contributed by atoms with van der Waals surface area (Å²) < 4.78 is 60.1. The molecule has 3 aromatic rings. The van der Waals surface area contributed by atoms with Crippen molar-refractivity contribution >= 4 is 22.8 Å². The van der Waals surface area contributed by atoms with Gasteiger partial charge in [-0.05, 0) is 30.7 Å². The topological polar surface area (TPSA) is 67.6 Å². The summed E-state index contributed by atoms with van der Waals surface area (Å²) in [6.07, 6.45) is -4.13. The normalized spacial score (nSPS) is 14.3. The fraction of sp³-hybridized carbons (Fsp3) is 0.250. The largest absolute Gasteiger partial charge is 0.496 e. The first-order valence-electron chi connectivity index (χ1n) is 8.53. The van der Waals surface area contributed by atoms with Gasteiger partial charge in [0.15, 0.2) is 5.60 Å². The molecule has 0 aliphatic rings. The lowest BCUT2D eigenvalue weighted by molar-refractivity contribution is -0.228. The first-order valence-corrected chi connectivity index (χ1v) is 8.53. The minimum atomic E-state index is -5.01. The molecule has 3 rings (SSSR count). The van der Waals surface area contributed by atoms with E-state index in [2.05, 4.69) is 15.0 Å². The zero-order valence-corrected chi connectivity index (χ0v) is 15.5. The third-order valence-corrected chi connectivity index (χ3v) is 4.36. The minimum absolute atomic E-state index is 0.00380. The average Bonchev–Trinajstić information content (AvgIpc) is 2.67. The second-order valence-corrected chi connectivity index (χ2v) is 6.41. The molecule has 5 nitrogen and oxygen atoms in total. The number of nitrogens with zero attached hydrogens (tertiary/aromatic N) is 3. The lowest BCUT2D eigenvalue weighted by Gasteiger charge is -2.27. The molecular weight excluding hydrogens is 390 g/mol. The smallest absolute Gasteiger partial charge is 0.422 e. The molecule has 0 spiro atoms. The van der Waals surface area contributed by atoms with E-state index in [-0.39, 0.29) is 27.9 Å². The van der Waals surface area contributed by atoms with Gasteiger partial charge in [-0.1, -0.05) is 18.2 Å². The molecule has 0 saturated carbocycles. The summed E-state index contributed by atoms with van der Waals surface area (Å²) >= 11 is 0. The standard InChI is InChI=1S/C20H17F4N3O2/c1-12-25-10-14-16(8-7-15(21)18(14)27-12)26-11-19(28,20(22,23)24)9-13-5-3-4-6-17(13)29-2/h3-8,10-11,28H,9H2,1-2H3. The van der Waals surface area contributed by atoms with Gasteiger partial charge in [0.1, 0.15) is 22.9 Å². The van der Waals surface area contributed by atoms with E-state index in [1.807, 2.05) is 0 Å². The summed E-state index contributed by atoms with van der Waals surface area (Å²) in [6, 6.07) is 8.32. The van der Waals surface area contributed by atoms with Gasteiger partial charge in [0.2, 0.25) is 0 Å². The van der Waals surface area contributed by atoms with Gasteiger partial charge in [-0.25, -0.2) is 14.4 Å². The molecule has 2 aromatic carbocycles. The molecule has 1 aromatic heterocycles. The molecule has 1 N–H and O–H groups in total. The van der Waals surface area contributed by atoms with Gasteiger partial charge in [-0.15, -0.1) is 0 Å². The zero-order valence-electron chi connectivity index (χ0n) is 15.5. The Balaban J connectivity index is 2.05. The highest BCUT2D eigenvalue weighted by atomic mass is 19.4. The molecular formula is C20H17F4N3O2. The van der Waals surface area contributed by atoms with Crippen LogP contribution in [0.4, 0.5) is 23.2 Å². The second-order valence-electron chi connectivity index (χ2n) is 6.41. The summed E-state index contributed by atoms with van der Waals surface area (Å²) in [5.41, 5.74) is -3.17. The van der Waals surface area contributed by atoms with Crippen molar-refractivity contribution in [1.29, 1.82) is 0 Å². The fourth-order valence-corrected chi connectivity index (χ4v) is 2.81. The first kappa shape index (κ1) is 20.7. The monoisotopic (exact) mass is 407 g/mol. The molecule has 0 aliphatic heterocycles. The van der Waals surface area contributed by atoms with Crippen LogP contribution in [0.25, 0.3) is 10.9 Å². The molecule has 0 radical (unpaired) electrons. The Bertz CT molecular complexity index is 1070. The maximum absolute atomic E-state index is 14.0. The van der Waals surface area contributed by atoms with E-state index in [0.717, 1.165) is 6.07 Å². The number of hydrogen-bond donors (Lipinski definition) is 1. The number of halogens is 4. The number of rotatable bonds is 5. The zero-order chi connectivity index (χ0) is 21.2. The quantitative estimate of drug-likeness (QED) is 0.505. The number of benzene rings is 2. The van der Waals surface area contributed by atoms with E-state index < -0.39 is 24.0 Å². The second kappa shape index (κ2) is 7.75. The van der Waals surface area contributed by atoms with Gasteiger partial charge >= 0.3 is 6.18 Å². The predicted molar refractivity (Wildman–Crippen MR) is 100 cm³/mol. The summed E-state index contributed by atoms with van der Waals surface area (Å²) in [6.45, 7) is 1.56. The SMILES string of the molecule is COc1ccccc1CC(O)(C=Nc1ccc(F)c2nc(C)ncc12)C(F)(F)F. The summed E-state index contributed by atoms with van der Waals surface area (Å²) in [4.78, 5) is 11.7. The number of aliphatic imine (C=N–C) groups is 1. The van der Waals surface area contributed by atoms with E-state index in [9.17, 15) is 22.7 Å². The highest BCUT2D eigenvalue weighted by molar-refractivity contribution is 5.91. The van der Waals surface area contributed by atoms with Crippen molar-refractivity contribution < 1.29 is 27.4 Å². The fourth-order valence-electron chi connectivity index (χ4n) is 2.81. The lowest BCUT2D eigenvalue weighted by Crippen LogP contribution is -2.48. The number of aliphatic hydroxyl groups is 1. The Kier molecular flexibility index (Phi) is 5.52. The third-order valence-electron chi connectivity index (χ3n) is 4.36. The van der Waals surface area contributed by atoms with Crippen LogP contribution in [0.1, 0.15) is 11.4 Å². The Morgan fingerprint density at radius 1 is 1.17 bits per heavy atom. The molecule has 29 heavy (non-hydrogen) atoms. The molecule has 9 heteroatoms. The number of aryl methyl sites for hydroxylation is 1. The Morgan fingerprint density at radius 2 is 1.90 bits per heavy atom. The van der Waals surface area contributed by atoms with Crippen LogP contribution in [0.5, 0.6) is 5.75 Å². The molecule has 0 fully saturated rings. The van der Waals surface area contributed by atoms with E-state index in [0.29, 0.717) is 12.0 Å². The molecule has 0 bridgehead atoms. The molecule has 1 heterocycles. The number of ether oxygens (including phenoxy) is 1. The van der Waals surface area contributed by atoms with E-state index >= 15 is 0 Å². The Morgan fingerprint density at radius 3 is 2.59 bits per heavy atom. The van der Waals surface area contributed by atoms with E-state index in [4.69, 9.17) is 4.74 Å². The van der Waals surface area contributed by atoms with Crippen LogP contribution in [0.2, 0.25) is 0 Å². The predicted octanol–water partition coefficient (Wildman–Crippen LogP) is 4.32. The Hall–Kier alpha value is -3.07. The van der Waals surface area contributed by atoms with Gasteiger partial charge in [0.05, 0.1) is 12.8 Å². The number of methoxy groups -OCH3 is 1. The van der Waals surface area contributed by atoms with Crippen molar-refractivity contribution in [2.45, 2.75) is 25.1 Å². The van der Waals surface area contributed by atoms with Crippen LogP contribution in [0.3, 0.4) is 0 Å². The van der Waals surface area contributed by atoms with Crippen LogP contribution in [-0.2, 0) is 6.42 Å². The number of fused-ring (bicyclic) bond motifs is 1. The van der Waals surface area contributed by atoms with Crippen LogP contribution in [-0.4, -0.2) is 40.2 Å². The van der Waals surface area contributed by atoms with Gasteiger partial charge in [0.25, 0.3) is 0 Å². The number of hydrogen-bond acceptors (Lipinski definition) is 5. The van der Waals surface area contributed by atoms with Gasteiger partial charge in [0, 0.05) is 24.2 Å². The van der Waals surface area contributed by atoms with Crippen molar-refractivity contribution in [3.05, 3.63) is 59.8 Å². The molecule has 152 valence electrons. The van der Waals surface area contributed by atoms with Crippen molar-refractivity contribution in [3.8, 4) is 5.75 Å². The van der Waals surface area contributed by atoms with Crippen molar-refractivity contribution in [2.24, 2.45) is 4.99 Å². The highest BCUT2D eigenvalue weighted by Crippen LogP contribution is 2.35. The lowest BCUT2D eigenvalue weighted by atomic mass is 9.94. The Labute approximate surface area is 163 Å². The van der Waals surface area contributed by atoms with Gasteiger partial charge in [-0.2, -0.15) is 13.2 Å². The highest BCUT2D eigenvalue weighted by Gasteiger charge is 2.53. The van der Waals surface area contributed by atoms with Crippen molar-refractivity contribution in [2.75, 3.05) is 7.11 Å². The molecule has 0 saturated heterocycles. The average molecular weight is 407 g/mol. The van der Waals surface area contributed by atoms with Crippen LogP contribution in [0, 0.1) is 12.7 Å². The summed E-state index contributed by atoms with van der Waals surface area (Å²) in [5, 5.41) is 10.6. The van der Waals surface area contributed by atoms with Gasteiger partial charge in [-0.3, -0.25) is 4.99 Å². The number of aromatic nitrogens is 2. The van der Waals surface area contributed by atoms with Crippen molar-refractivity contribution in [3.63, 3.8) is 0 Å². The number of para-hydroxylation sites is 1. The van der Waals surface area contributed by atoms with E-state index in [1.54, 1.807) is 19.1 Å². The van der Waals surface area contributed by atoms with Crippen molar-refractivity contribution in [1.82, 2.24) is 9.97 Å². The molecule has 1 atom stereocenters. The molecule has 0 amide bonds. The minimum Gasteiger partial charge on any atom is -0.496 e. The maximum atomic E-state index is 14.0. The number of alkyl halides is 3. The van der Waals surface area contributed by atoms with Gasteiger partial charge < -0.3 is 9.84 Å². The van der Waals surface area contributed by atoms with E-state index in [1.165, 1.54) is 31.5 Å². The van der Waals surface area contributed by atoms with Crippen LogP contribution in [0.15, 0.2) is 47.6 Å². The third kappa shape index (κ3) is 4.19.